The van der Waals surface area contributed by atoms with Crippen LogP contribution in [0.25, 0.3) is 0 Å². The fourth-order valence-corrected chi connectivity index (χ4v) is 1.61. The van der Waals surface area contributed by atoms with Gasteiger partial charge >= 0.3 is 5.97 Å². The van der Waals surface area contributed by atoms with Crippen LogP contribution in [-0.4, -0.2) is 23.5 Å². The molecule has 0 aromatic heterocycles. The lowest BCUT2D eigenvalue weighted by atomic mass is 9.86. The minimum atomic E-state index is -0.896. The van der Waals surface area contributed by atoms with E-state index in [-0.39, 0.29) is 12.0 Å². The van der Waals surface area contributed by atoms with E-state index in [0.29, 0.717) is 5.56 Å². The molecule has 1 aromatic rings. The first kappa shape index (κ1) is 16.0. The Balaban J connectivity index is 2.88. The van der Waals surface area contributed by atoms with E-state index < -0.39 is 17.5 Å². The maximum Gasteiger partial charge on any atom is 0.373 e. The van der Waals surface area contributed by atoms with Gasteiger partial charge in [0.25, 0.3) is 0 Å². The molecule has 0 heterocycles. The summed E-state index contributed by atoms with van der Waals surface area (Å²) >= 11 is 0. The van der Waals surface area contributed by atoms with E-state index in [1.165, 1.54) is 0 Å². The molecule has 1 aromatic carbocycles. The van der Waals surface area contributed by atoms with Gasteiger partial charge in [0.05, 0.1) is 6.61 Å². The van der Waals surface area contributed by atoms with Crippen molar-refractivity contribution in [3.8, 4) is 0 Å². The van der Waals surface area contributed by atoms with Gasteiger partial charge in [-0.25, -0.2) is 4.79 Å². The van der Waals surface area contributed by atoms with Crippen LogP contribution in [0.1, 0.15) is 43.6 Å². The van der Waals surface area contributed by atoms with E-state index >= 15 is 0 Å². The van der Waals surface area contributed by atoms with Crippen molar-refractivity contribution >= 4 is 11.8 Å². The second-order valence-electron chi connectivity index (χ2n) is 5.44. The number of ether oxygens (including phenoxy) is 1. The molecule has 0 saturated heterocycles. The number of rotatable bonds is 4. The molecule has 0 radical (unpaired) electrons. The van der Waals surface area contributed by atoms with Crippen molar-refractivity contribution in [1.82, 2.24) is 0 Å². The van der Waals surface area contributed by atoms with Crippen LogP contribution in [0, 0.1) is 0 Å². The molecule has 1 N–H and O–H groups in total. The van der Waals surface area contributed by atoms with Gasteiger partial charge in [0.15, 0.2) is 5.78 Å². The van der Waals surface area contributed by atoms with Crippen molar-refractivity contribution < 1.29 is 19.4 Å². The maximum absolute atomic E-state index is 11.9. The van der Waals surface area contributed by atoms with E-state index in [9.17, 15) is 14.7 Å². The Morgan fingerprint density at radius 1 is 1.20 bits per heavy atom. The zero-order valence-corrected chi connectivity index (χ0v) is 12.3. The highest BCUT2D eigenvalue weighted by Crippen LogP contribution is 2.22. The van der Waals surface area contributed by atoms with Gasteiger partial charge in [0.1, 0.15) is 0 Å². The second-order valence-corrected chi connectivity index (χ2v) is 5.44. The van der Waals surface area contributed by atoms with Crippen molar-refractivity contribution in [1.29, 1.82) is 0 Å². The number of allylic oxidation sites excluding steroid dienone is 1. The van der Waals surface area contributed by atoms with Crippen LogP contribution in [0.2, 0.25) is 0 Å². The summed E-state index contributed by atoms with van der Waals surface area (Å²) in [5.41, 5.74) is 1.52. The summed E-state index contributed by atoms with van der Waals surface area (Å²) < 4.78 is 4.59. The zero-order valence-electron chi connectivity index (χ0n) is 12.3. The van der Waals surface area contributed by atoms with Crippen molar-refractivity contribution in [2.75, 3.05) is 6.61 Å². The van der Waals surface area contributed by atoms with E-state index in [4.69, 9.17) is 0 Å². The maximum atomic E-state index is 11.9. The Morgan fingerprint density at radius 2 is 1.75 bits per heavy atom. The lowest BCUT2D eigenvalue weighted by Crippen LogP contribution is -2.11. The molecule has 0 aliphatic carbocycles. The molecule has 0 unspecified atom stereocenters. The lowest BCUT2D eigenvalue weighted by Gasteiger charge is -2.18. The Kier molecular flexibility index (Phi) is 5.08. The smallest absolute Gasteiger partial charge is 0.373 e. The van der Waals surface area contributed by atoms with Crippen LogP contribution in [0.5, 0.6) is 0 Å². The predicted molar refractivity (Wildman–Crippen MR) is 76.8 cm³/mol. The highest BCUT2D eigenvalue weighted by Gasteiger charge is 2.15. The lowest BCUT2D eigenvalue weighted by molar-refractivity contribution is -0.141. The normalized spacial score (nSPS) is 12.1. The number of hydrogen-bond donors (Lipinski definition) is 1. The Bertz CT molecular complexity index is 518. The van der Waals surface area contributed by atoms with Gasteiger partial charge in [-0.1, -0.05) is 45.0 Å². The minimum absolute atomic E-state index is 0.00445. The minimum Gasteiger partial charge on any atom is -0.502 e. The van der Waals surface area contributed by atoms with Gasteiger partial charge < -0.3 is 9.84 Å². The molecule has 0 spiro atoms. The molecular weight excluding hydrogens is 256 g/mol. The summed E-state index contributed by atoms with van der Waals surface area (Å²) in [4.78, 5) is 23.1. The first-order valence-corrected chi connectivity index (χ1v) is 6.48. The zero-order chi connectivity index (χ0) is 15.3. The highest BCUT2D eigenvalue weighted by molar-refractivity contribution is 6.07. The fourth-order valence-electron chi connectivity index (χ4n) is 1.61. The largest absolute Gasteiger partial charge is 0.502 e. The van der Waals surface area contributed by atoms with Crippen LogP contribution < -0.4 is 0 Å². The molecule has 4 heteroatoms. The summed E-state index contributed by atoms with van der Waals surface area (Å²) in [7, 11) is 0. The standard InChI is InChI=1S/C16H20O4/c1-5-20-15(19)14(18)10-13(17)11-6-8-12(9-7-11)16(2,3)4/h6-10,18H,5H2,1-4H3/b14-10-. The molecule has 0 fully saturated rings. The summed E-state index contributed by atoms with van der Waals surface area (Å²) in [6.45, 7) is 8.01. The van der Waals surface area contributed by atoms with Gasteiger partial charge in [-0.3, -0.25) is 4.79 Å². The quantitative estimate of drug-likeness (QED) is 0.397. The monoisotopic (exact) mass is 276 g/mol. The number of hydrogen-bond acceptors (Lipinski definition) is 4. The molecule has 0 bridgehead atoms. The number of aliphatic hydroxyl groups excluding tert-OH is 1. The van der Waals surface area contributed by atoms with E-state index in [1.54, 1.807) is 19.1 Å². The third-order valence-corrected chi connectivity index (χ3v) is 2.79. The molecule has 4 nitrogen and oxygen atoms in total. The molecular formula is C16H20O4. The summed E-state index contributed by atoms with van der Waals surface area (Å²) in [6.07, 6.45) is 0.879. The topological polar surface area (TPSA) is 63.6 Å². The van der Waals surface area contributed by atoms with Crippen LogP contribution in [0.3, 0.4) is 0 Å². The van der Waals surface area contributed by atoms with Crippen LogP contribution in [0.15, 0.2) is 36.1 Å². The number of benzene rings is 1. The molecule has 0 atom stereocenters. The molecule has 1 rings (SSSR count). The number of carbonyl (C=O) groups excluding carboxylic acids is 2. The molecule has 108 valence electrons. The Hall–Kier alpha value is -2.10. The van der Waals surface area contributed by atoms with Gasteiger partial charge in [-0.2, -0.15) is 0 Å². The van der Waals surface area contributed by atoms with Crippen molar-refractivity contribution in [3.05, 3.63) is 47.2 Å². The molecule has 0 aliphatic heterocycles. The van der Waals surface area contributed by atoms with Crippen LogP contribution in [0.4, 0.5) is 0 Å². The van der Waals surface area contributed by atoms with Crippen molar-refractivity contribution in [2.24, 2.45) is 0 Å². The van der Waals surface area contributed by atoms with E-state index in [1.807, 2.05) is 12.1 Å². The van der Waals surface area contributed by atoms with Gasteiger partial charge in [0, 0.05) is 11.6 Å². The number of esters is 1. The highest BCUT2D eigenvalue weighted by atomic mass is 16.5. The summed E-state index contributed by atoms with van der Waals surface area (Å²) in [6, 6.07) is 7.08. The fraction of sp³-hybridized carbons (Fsp3) is 0.375. The van der Waals surface area contributed by atoms with Crippen molar-refractivity contribution in [3.63, 3.8) is 0 Å². The van der Waals surface area contributed by atoms with Crippen LogP contribution in [-0.2, 0) is 14.9 Å². The first-order valence-electron chi connectivity index (χ1n) is 6.48. The summed E-state index contributed by atoms with van der Waals surface area (Å²) in [5.74, 6) is -2.01. The van der Waals surface area contributed by atoms with Crippen LogP contribution >= 0.6 is 0 Å². The van der Waals surface area contributed by atoms with Crippen molar-refractivity contribution in [2.45, 2.75) is 33.1 Å². The Morgan fingerprint density at radius 3 is 2.20 bits per heavy atom. The molecule has 20 heavy (non-hydrogen) atoms. The first-order chi connectivity index (χ1) is 9.25. The van der Waals surface area contributed by atoms with Gasteiger partial charge in [0.2, 0.25) is 5.76 Å². The van der Waals surface area contributed by atoms with E-state index in [2.05, 4.69) is 25.5 Å². The van der Waals surface area contributed by atoms with E-state index in [0.717, 1.165) is 11.6 Å². The Labute approximate surface area is 119 Å². The predicted octanol–water partition coefficient (Wildman–Crippen LogP) is 3.17. The SMILES string of the molecule is CCOC(=O)/C(O)=C/C(=O)c1ccc(C(C)(C)C)cc1. The number of ketones is 1. The number of carbonyl (C=O) groups is 2. The second kappa shape index (κ2) is 6.37. The summed E-state index contributed by atoms with van der Waals surface area (Å²) in [5, 5.41) is 9.43. The molecule has 0 aliphatic rings. The molecule has 0 amide bonds. The third kappa shape index (κ3) is 4.23. The number of aliphatic hydroxyl groups is 1. The van der Waals surface area contributed by atoms with Gasteiger partial charge in [-0.15, -0.1) is 0 Å². The van der Waals surface area contributed by atoms with Gasteiger partial charge in [-0.05, 0) is 17.9 Å². The average molecular weight is 276 g/mol. The average Bonchev–Trinajstić information content (AvgIpc) is 2.38. The third-order valence-electron chi connectivity index (χ3n) is 2.79. The molecule has 0 saturated carbocycles.